The summed E-state index contributed by atoms with van der Waals surface area (Å²) < 4.78 is 11.3. The fourth-order valence-electron chi connectivity index (χ4n) is 2.00. The molecular weight excluding hydrogens is 278 g/mol. The van der Waals surface area contributed by atoms with Gasteiger partial charge in [0.15, 0.2) is 0 Å². The number of benzene rings is 2. The van der Waals surface area contributed by atoms with Crippen molar-refractivity contribution in [1.82, 2.24) is 0 Å². The van der Waals surface area contributed by atoms with Gasteiger partial charge in [-0.1, -0.05) is 24.3 Å². The standard InChI is InChI=1S/C18H23NO3/c20-12-5-4-11-19-16-7-6-10-18(15-16)22-14-13-21-17-8-2-1-3-9-17/h1-3,6-10,15,19-20H,4-5,11-14H2. The smallest absolute Gasteiger partial charge is 0.122 e. The average Bonchev–Trinajstić information content (AvgIpc) is 2.57. The molecule has 2 aromatic carbocycles. The fourth-order valence-corrected chi connectivity index (χ4v) is 2.00. The van der Waals surface area contributed by atoms with Crippen LogP contribution in [0.25, 0.3) is 0 Å². The number of hydrogen-bond acceptors (Lipinski definition) is 4. The van der Waals surface area contributed by atoms with Crippen molar-refractivity contribution in [3.63, 3.8) is 0 Å². The first kappa shape index (κ1) is 16.2. The molecule has 4 nitrogen and oxygen atoms in total. The van der Waals surface area contributed by atoms with Crippen LogP contribution < -0.4 is 14.8 Å². The summed E-state index contributed by atoms with van der Waals surface area (Å²) >= 11 is 0. The summed E-state index contributed by atoms with van der Waals surface area (Å²) in [6, 6.07) is 17.6. The maximum Gasteiger partial charge on any atom is 0.122 e. The Labute approximate surface area is 131 Å². The number of para-hydroxylation sites is 1. The van der Waals surface area contributed by atoms with E-state index in [4.69, 9.17) is 14.6 Å². The van der Waals surface area contributed by atoms with Gasteiger partial charge < -0.3 is 19.9 Å². The van der Waals surface area contributed by atoms with E-state index in [-0.39, 0.29) is 6.61 Å². The third-order valence-corrected chi connectivity index (χ3v) is 3.11. The topological polar surface area (TPSA) is 50.7 Å². The minimum Gasteiger partial charge on any atom is -0.490 e. The molecule has 0 heterocycles. The van der Waals surface area contributed by atoms with E-state index in [2.05, 4.69) is 5.32 Å². The SMILES string of the molecule is OCCCCNc1cccc(OCCOc2ccccc2)c1. The highest BCUT2D eigenvalue weighted by Crippen LogP contribution is 2.17. The number of unbranched alkanes of at least 4 members (excludes halogenated alkanes) is 1. The number of aliphatic hydroxyl groups excluding tert-OH is 1. The first-order valence-corrected chi connectivity index (χ1v) is 7.64. The molecule has 22 heavy (non-hydrogen) atoms. The van der Waals surface area contributed by atoms with Gasteiger partial charge >= 0.3 is 0 Å². The Hall–Kier alpha value is -2.20. The highest BCUT2D eigenvalue weighted by molar-refractivity contribution is 5.48. The largest absolute Gasteiger partial charge is 0.490 e. The molecule has 0 aromatic heterocycles. The Morgan fingerprint density at radius 3 is 2.32 bits per heavy atom. The normalized spacial score (nSPS) is 10.2. The summed E-state index contributed by atoms with van der Waals surface area (Å²) in [4.78, 5) is 0. The monoisotopic (exact) mass is 301 g/mol. The van der Waals surface area contributed by atoms with Crippen LogP contribution in [-0.2, 0) is 0 Å². The van der Waals surface area contributed by atoms with Crippen molar-refractivity contribution in [2.24, 2.45) is 0 Å². The number of ether oxygens (including phenoxy) is 2. The van der Waals surface area contributed by atoms with Crippen LogP contribution in [0.5, 0.6) is 11.5 Å². The van der Waals surface area contributed by atoms with Crippen molar-refractivity contribution >= 4 is 5.69 Å². The summed E-state index contributed by atoms with van der Waals surface area (Å²) in [6.45, 7) is 2.11. The third-order valence-electron chi connectivity index (χ3n) is 3.11. The van der Waals surface area contributed by atoms with Crippen molar-refractivity contribution in [2.75, 3.05) is 31.7 Å². The Bertz CT molecular complexity index is 531. The lowest BCUT2D eigenvalue weighted by atomic mass is 10.2. The van der Waals surface area contributed by atoms with Crippen molar-refractivity contribution < 1.29 is 14.6 Å². The molecule has 0 unspecified atom stereocenters. The van der Waals surface area contributed by atoms with Gasteiger partial charge in [-0.05, 0) is 37.1 Å². The Morgan fingerprint density at radius 2 is 1.55 bits per heavy atom. The highest BCUT2D eigenvalue weighted by atomic mass is 16.5. The van der Waals surface area contributed by atoms with Crippen LogP contribution in [0.2, 0.25) is 0 Å². The van der Waals surface area contributed by atoms with Crippen LogP contribution in [0.4, 0.5) is 5.69 Å². The summed E-state index contributed by atoms with van der Waals surface area (Å²) in [6.07, 6.45) is 1.77. The van der Waals surface area contributed by atoms with Crippen LogP contribution in [0.1, 0.15) is 12.8 Å². The molecule has 0 saturated heterocycles. The van der Waals surface area contributed by atoms with E-state index >= 15 is 0 Å². The number of rotatable bonds is 10. The van der Waals surface area contributed by atoms with Gasteiger partial charge in [-0.2, -0.15) is 0 Å². The second kappa shape index (κ2) is 9.68. The minimum absolute atomic E-state index is 0.242. The first-order chi connectivity index (χ1) is 10.9. The zero-order valence-corrected chi connectivity index (χ0v) is 12.7. The van der Waals surface area contributed by atoms with Gasteiger partial charge in [0.25, 0.3) is 0 Å². The summed E-state index contributed by atoms with van der Waals surface area (Å²) in [7, 11) is 0. The molecule has 2 rings (SSSR count). The van der Waals surface area contributed by atoms with E-state index in [9.17, 15) is 0 Å². The molecule has 118 valence electrons. The zero-order chi connectivity index (χ0) is 15.5. The van der Waals surface area contributed by atoms with E-state index in [1.807, 2.05) is 54.6 Å². The minimum atomic E-state index is 0.242. The van der Waals surface area contributed by atoms with E-state index in [0.717, 1.165) is 36.6 Å². The predicted octanol–water partition coefficient (Wildman–Crippen LogP) is 3.33. The molecule has 0 fully saturated rings. The van der Waals surface area contributed by atoms with Crippen molar-refractivity contribution in [3.05, 3.63) is 54.6 Å². The summed E-state index contributed by atoms with van der Waals surface area (Å²) in [5.41, 5.74) is 1.03. The molecule has 0 spiro atoms. The fraction of sp³-hybridized carbons (Fsp3) is 0.333. The Morgan fingerprint density at radius 1 is 0.818 bits per heavy atom. The lowest BCUT2D eigenvalue weighted by Gasteiger charge is -2.10. The van der Waals surface area contributed by atoms with Crippen LogP contribution in [0, 0.1) is 0 Å². The second-order valence-electron chi connectivity index (χ2n) is 4.90. The Kier molecular flexibility index (Phi) is 7.12. The van der Waals surface area contributed by atoms with Gasteiger partial charge in [0.1, 0.15) is 24.7 Å². The lowest BCUT2D eigenvalue weighted by Crippen LogP contribution is -2.09. The summed E-state index contributed by atoms with van der Waals surface area (Å²) in [5, 5.41) is 12.1. The van der Waals surface area contributed by atoms with Gasteiger partial charge in [0, 0.05) is 24.9 Å². The van der Waals surface area contributed by atoms with E-state index in [1.165, 1.54) is 0 Å². The molecule has 2 N–H and O–H groups in total. The molecule has 0 amide bonds. The molecule has 0 radical (unpaired) electrons. The van der Waals surface area contributed by atoms with Gasteiger partial charge in [0.05, 0.1) is 0 Å². The van der Waals surface area contributed by atoms with Crippen LogP contribution in [0.15, 0.2) is 54.6 Å². The van der Waals surface area contributed by atoms with Gasteiger partial charge in [0.2, 0.25) is 0 Å². The molecule has 0 saturated carbocycles. The Balaban J connectivity index is 1.69. The van der Waals surface area contributed by atoms with Crippen LogP contribution in [0.3, 0.4) is 0 Å². The second-order valence-corrected chi connectivity index (χ2v) is 4.90. The number of anilines is 1. The lowest BCUT2D eigenvalue weighted by molar-refractivity contribution is 0.217. The molecule has 2 aromatic rings. The number of nitrogens with one attached hydrogen (secondary N) is 1. The molecule has 0 bridgehead atoms. The first-order valence-electron chi connectivity index (χ1n) is 7.64. The zero-order valence-electron chi connectivity index (χ0n) is 12.7. The molecule has 0 aliphatic heterocycles. The molecule has 4 heteroatoms. The third kappa shape index (κ3) is 6.06. The van der Waals surface area contributed by atoms with Gasteiger partial charge in [-0.3, -0.25) is 0 Å². The van der Waals surface area contributed by atoms with Crippen LogP contribution in [-0.4, -0.2) is 31.5 Å². The van der Waals surface area contributed by atoms with Crippen molar-refractivity contribution in [3.8, 4) is 11.5 Å². The number of hydrogen-bond donors (Lipinski definition) is 2. The maximum atomic E-state index is 8.75. The maximum absolute atomic E-state index is 8.75. The highest BCUT2D eigenvalue weighted by Gasteiger charge is 1.98. The van der Waals surface area contributed by atoms with Gasteiger partial charge in [-0.25, -0.2) is 0 Å². The van der Waals surface area contributed by atoms with Crippen molar-refractivity contribution in [2.45, 2.75) is 12.8 Å². The summed E-state index contributed by atoms with van der Waals surface area (Å²) in [5.74, 6) is 1.68. The van der Waals surface area contributed by atoms with Gasteiger partial charge in [-0.15, -0.1) is 0 Å². The van der Waals surface area contributed by atoms with Crippen LogP contribution >= 0.6 is 0 Å². The molecule has 0 aliphatic carbocycles. The molecular formula is C18H23NO3. The molecule has 0 atom stereocenters. The van der Waals surface area contributed by atoms with Crippen molar-refractivity contribution in [1.29, 1.82) is 0 Å². The molecule has 0 aliphatic rings. The van der Waals surface area contributed by atoms with E-state index < -0.39 is 0 Å². The average molecular weight is 301 g/mol. The predicted molar refractivity (Wildman–Crippen MR) is 88.7 cm³/mol. The van der Waals surface area contributed by atoms with E-state index in [0.29, 0.717) is 13.2 Å². The van der Waals surface area contributed by atoms with E-state index in [1.54, 1.807) is 0 Å². The number of aliphatic hydroxyl groups is 1. The quantitative estimate of drug-likeness (QED) is 0.661.